The monoisotopic (exact) mass is 361 g/mol. The number of amides is 1. The minimum absolute atomic E-state index is 0.105. The number of benzene rings is 3. The van der Waals surface area contributed by atoms with Crippen LogP contribution in [0, 0.1) is 0 Å². The van der Waals surface area contributed by atoms with E-state index in [-0.39, 0.29) is 5.91 Å². The van der Waals surface area contributed by atoms with Gasteiger partial charge < -0.3 is 10.1 Å². The summed E-state index contributed by atoms with van der Waals surface area (Å²) in [5.74, 6) is 0.630. The molecule has 1 unspecified atom stereocenters. The number of rotatable bonds is 7. The number of nitrogens with one attached hydrogen (secondary N) is 1. The maximum absolute atomic E-state index is 12.6. The van der Waals surface area contributed by atoms with Gasteiger partial charge in [0.2, 0.25) is 0 Å². The zero-order valence-electron chi connectivity index (χ0n) is 16.3. The van der Waals surface area contributed by atoms with Crippen molar-refractivity contribution in [1.82, 2.24) is 5.32 Å². The molecule has 0 saturated heterocycles. The summed E-state index contributed by atoms with van der Waals surface area (Å²) in [5, 5.41) is 5.15. The van der Waals surface area contributed by atoms with Gasteiger partial charge >= 0.3 is 0 Å². The minimum atomic E-state index is -0.560. The molecule has 0 aromatic heterocycles. The van der Waals surface area contributed by atoms with Crippen molar-refractivity contribution in [1.29, 1.82) is 0 Å². The van der Waals surface area contributed by atoms with E-state index in [4.69, 9.17) is 4.74 Å². The standard InChI is InChI=1S/C24H27NO2/c1-4-18-13-14-19(5-2)21(15-18)16-25-24(26)17(3)27-23-12-8-10-20-9-6-7-11-22(20)23/h6-15,17H,4-5,16H2,1-3H3,(H,25,26). The second-order valence-corrected chi connectivity index (χ2v) is 6.77. The third-order valence-electron chi connectivity index (χ3n) is 4.94. The van der Waals surface area contributed by atoms with Crippen molar-refractivity contribution in [3.63, 3.8) is 0 Å². The largest absolute Gasteiger partial charge is 0.480 e. The van der Waals surface area contributed by atoms with Gasteiger partial charge in [-0.3, -0.25) is 4.79 Å². The lowest BCUT2D eigenvalue weighted by atomic mass is 10.0. The molecule has 0 aliphatic rings. The molecule has 3 nitrogen and oxygen atoms in total. The van der Waals surface area contributed by atoms with E-state index >= 15 is 0 Å². The van der Waals surface area contributed by atoms with Gasteiger partial charge in [-0.15, -0.1) is 0 Å². The Balaban J connectivity index is 1.68. The maximum atomic E-state index is 12.6. The molecule has 1 atom stereocenters. The number of hydrogen-bond donors (Lipinski definition) is 1. The zero-order valence-corrected chi connectivity index (χ0v) is 16.3. The van der Waals surface area contributed by atoms with Crippen LogP contribution in [-0.4, -0.2) is 12.0 Å². The summed E-state index contributed by atoms with van der Waals surface area (Å²) in [4.78, 5) is 12.6. The van der Waals surface area contributed by atoms with E-state index in [1.54, 1.807) is 6.92 Å². The van der Waals surface area contributed by atoms with Crippen molar-refractivity contribution < 1.29 is 9.53 Å². The van der Waals surface area contributed by atoms with Gasteiger partial charge in [-0.2, -0.15) is 0 Å². The van der Waals surface area contributed by atoms with Crippen molar-refractivity contribution in [3.05, 3.63) is 77.4 Å². The molecule has 0 aliphatic carbocycles. The van der Waals surface area contributed by atoms with Gasteiger partial charge in [0.15, 0.2) is 6.10 Å². The van der Waals surface area contributed by atoms with Gasteiger partial charge in [-0.1, -0.05) is 68.4 Å². The quantitative estimate of drug-likeness (QED) is 0.640. The topological polar surface area (TPSA) is 38.3 Å². The van der Waals surface area contributed by atoms with E-state index < -0.39 is 6.10 Å². The Morgan fingerprint density at radius 1 is 0.963 bits per heavy atom. The van der Waals surface area contributed by atoms with Crippen molar-refractivity contribution in [2.24, 2.45) is 0 Å². The van der Waals surface area contributed by atoms with Crippen LogP contribution < -0.4 is 10.1 Å². The first kappa shape index (κ1) is 19.0. The van der Waals surface area contributed by atoms with E-state index in [9.17, 15) is 4.79 Å². The van der Waals surface area contributed by atoms with Crippen LogP contribution in [0.15, 0.2) is 60.7 Å². The molecule has 0 spiro atoms. The molecule has 140 valence electrons. The Kier molecular flexibility index (Phi) is 6.12. The van der Waals surface area contributed by atoms with Crippen LogP contribution in [0.2, 0.25) is 0 Å². The molecule has 0 heterocycles. The highest BCUT2D eigenvalue weighted by molar-refractivity contribution is 5.89. The van der Waals surface area contributed by atoms with Crippen LogP contribution in [0.5, 0.6) is 5.75 Å². The number of carbonyl (C=O) groups is 1. The number of fused-ring (bicyclic) bond motifs is 1. The molecule has 0 aliphatic heterocycles. The molecule has 3 rings (SSSR count). The first-order chi connectivity index (χ1) is 13.1. The Morgan fingerprint density at radius 2 is 1.74 bits per heavy atom. The molecular weight excluding hydrogens is 334 g/mol. The van der Waals surface area contributed by atoms with Crippen molar-refractivity contribution in [2.75, 3.05) is 0 Å². The van der Waals surface area contributed by atoms with Crippen LogP contribution in [-0.2, 0) is 24.2 Å². The minimum Gasteiger partial charge on any atom is -0.480 e. The molecule has 27 heavy (non-hydrogen) atoms. The fraction of sp³-hybridized carbons (Fsp3) is 0.292. The smallest absolute Gasteiger partial charge is 0.261 e. The average molecular weight is 361 g/mol. The van der Waals surface area contributed by atoms with Gasteiger partial charge in [0.05, 0.1) is 0 Å². The fourth-order valence-electron chi connectivity index (χ4n) is 3.28. The van der Waals surface area contributed by atoms with E-state index in [0.717, 1.165) is 29.4 Å². The normalized spacial score (nSPS) is 12.0. The van der Waals surface area contributed by atoms with E-state index in [2.05, 4.69) is 37.4 Å². The molecule has 3 aromatic rings. The predicted molar refractivity (Wildman–Crippen MR) is 111 cm³/mol. The molecule has 3 heteroatoms. The first-order valence-electron chi connectivity index (χ1n) is 9.65. The van der Waals surface area contributed by atoms with Crippen molar-refractivity contribution in [3.8, 4) is 5.75 Å². The van der Waals surface area contributed by atoms with Crippen LogP contribution in [0.25, 0.3) is 10.8 Å². The Morgan fingerprint density at radius 3 is 2.52 bits per heavy atom. The molecule has 0 bridgehead atoms. The average Bonchev–Trinajstić information content (AvgIpc) is 2.71. The fourth-order valence-corrected chi connectivity index (χ4v) is 3.28. The summed E-state index contributed by atoms with van der Waals surface area (Å²) < 4.78 is 5.97. The van der Waals surface area contributed by atoms with Gasteiger partial charge in [0.1, 0.15) is 5.75 Å². The summed E-state index contributed by atoms with van der Waals surface area (Å²) in [5.41, 5.74) is 3.74. The molecule has 0 fully saturated rings. The number of ether oxygens (including phenoxy) is 1. The van der Waals surface area contributed by atoms with Gasteiger partial charge in [0.25, 0.3) is 5.91 Å². The van der Waals surface area contributed by atoms with Gasteiger partial charge in [0, 0.05) is 11.9 Å². The molecular formula is C24H27NO2. The summed E-state index contributed by atoms with van der Waals surface area (Å²) in [6.07, 6.45) is 1.39. The first-order valence-corrected chi connectivity index (χ1v) is 9.65. The number of hydrogen-bond acceptors (Lipinski definition) is 2. The Bertz CT molecular complexity index is 927. The van der Waals surface area contributed by atoms with E-state index in [0.29, 0.717) is 6.54 Å². The molecule has 1 amide bonds. The Labute approximate surface area is 161 Å². The predicted octanol–water partition coefficient (Wildman–Crippen LogP) is 5.05. The van der Waals surface area contributed by atoms with E-state index in [1.807, 2.05) is 42.5 Å². The SMILES string of the molecule is CCc1ccc(CC)c(CNC(=O)C(C)Oc2cccc3ccccc23)c1. The summed E-state index contributed by atoms with van der Waals surface area (Å²) >= 11 is 0. The lowest BCUT2D eigenvalue weighted by Gasteiger charge is -2.17. The highest BCUT2D eigenvalue weighted by Gasteiger charge is 2.16. The number of carbonyl (C=O) groups excluding carboxylic acids is 1. The zero-order chi connectivity index (χ0) is 19.2. The lowest BCUT2D eigenvalue weighted by molar-refractivity contribution is -0.127. The van der Waals surface area contributed by atoms with Gasteiger partial charge in [-0.25, -0.2) is 0 Å². The maximum Gasteiger partial charge on any atom is 0.261 e. The van der Waals surface area contributed by atoms with E-state index in [1.165, 1.54) is 16.7 Å². The lowest BCUT2D eigenvalue weighted by Crippen LogP contribution is -2.36. The number of aryl methyl sites for hydroxylation is 2. The second-order valence-electron chi connectivity index (χ2n) is 6.77. The summed E-state index contributed by atoms with van der Waals surface area (Å²) in [6.45, 7) is 6.60. The van der Waals surface area contributed by atoms with Crippen LogP contribution in [0.3, 0.4) is 0 Å². The highest BCUT2D eigenvalue weighted by Crippen LogP contribution is 2.26. The third-order valence-corrected chi connectivity index (χ3v) is 4.94. The van der Waals surface area contributed by atoms with Crippen LogP contribution in [0.1, 0.15) is 37.5 Å². The van der Waals surface area contributed by atoms with Gasteiger partial charge in [-0.05, 0) is 47.9 Å². The van der Waals surface area contributed by atoms with Crippen molar-refractivity contribution in [2.45, 2.75) is 46.3 Å². The Hall–Kier alpha value is -2.81. The molecule has 3 aromatic carbocycles. The molecule has 0 radical (unpaired) electrons. The third kappa shape index (κ3) is 4.48. The van der Waals surface area contributed by atoms with Crippen LogP contribution in [0.4, 0.5) is 0 Å². The summed E-state index contributed by atoms with van der Waals surface area (Å²) in [7, 11) is 0. The van der Waals surface area contributed by atoms with Crippen LogP contribution >= 0.6 is 0 Å². The highest BCUT2D eigenvalue weighted by atomic mass is 16.5. The molecule has 1 N–H and O–H groups in total. The summed E-state index contributed by atoms with van der Waals surface area (Å²) in [6, 6.07) is 20.4. The van der Waals surface area contributed by atoms with Crippen molar-refractivity contribution >= 4 is 16.7 Å². The second kappa shape index (κ2) is 8.72. The molecule has 0 saturated carbocycles.